The number of fused-ring (bicyclic) bond motifs is 1. The van der Waals surface area contributed by atoms with E-state index in [1.54, 1.807) is 37.1 Å². The molecule has 6 heteroatoms. The highest BCUT2D eigenvalue weighted by atomic mass is 16.2. The Bertz CT molecular complexity index is 823. The maximum atomic E-state index is 12.8. The quantitative estimate of drug-likeness (QED) is 0.799. The van der Waals surface area contributed by atoms with E-state index < -0.39 is 6.04 Å². The highest BCUT2D eigenvalue weighted by Crippen LogP contribution is 2.35. The number of hydrogen-bond donors (Lipinski definition) is 0. The van der Waals surface area contributed by atoms with Crippen LogP contribution in [0, 0.1) is 11.8 Å². The van der Waals surface area contributed by atoms with Crippen molar-refractivity contribution in [3.8, 4) is 0 Å². The van der Waals surface area contributed by atoms with Crippen molar-refractivity contribution in [2.24, 2.45) is 11.8 Å². The van der Waals surface area contributed by atoms with Gasteiger partial charge >= 0.3 is 0 Å². The fourth-order valence-electron chi connectivity index (χ4n) is 4.65. The molecule has 2 unspecified atom stereocenters. The molecule has 0 spiro atoms. The third-order valence-corrected chi connectivity index (χ3v) is 6.35. The molecule has 2 atom stereocenters. The number of amides is 2. The van der Waals surface area contributed by atoms with Crippen LogP contribution in [-0.2, 0) is 22.4 Å². The molecule has 1 fully saturated rings. The monoisotopic (exact) mass is 380 g/mol. The molecule has 1 aliphatic heterocycles. The van der Waals surface area contributed by atoms with E-state index in [0.29, 0.717) is 11.8 Å². The van der Waals surface area contributed by atoms with Gasteiger partial charge in [-0.25, -0.2) is 0 Å². The molecule has 28 heavy (non-hydrogen) atoms. The zero-order valence-corrected chi connectivity index (χ0v) is 16.6. The van der Waals surface area contributed by atoms with Gasteiger partial charge in [0.2, 0.25) is 11.8 Å². The molecule has 148 valence electrons. The van der Waals surface area contributed by atoms with Crippen molar-refractivity contribution >= 4 is 11.8 Å². The van der Waals surface area contributed by atoms with E-state index in [2.05, 4.69) is 29.4 Å². The van der Waals surface area contributed by atoms with Gasteiger partial charge in [-0.15, -0.1) is 0 Å². The molecule has 1 aliphatic carbocycles. The van der Waals surface area contributed by atoms with Crippen LogP contribution in [0.2, 0.25) is 0 Å². The Morgan fingerprint density at radius 2 is 1.89 bits per heavy atom. The standard InChI is InChI=1S/C22H28N4O2/c1-16(26-10-5-9-23-26)22(28)24(2)15-21(27)25-11-8-19(14-25)20-12-17-6-3-4-7-18(17)13-20/h3-7,9-10,16,19-20H,8,11-15H2,1-2H3. The fraction of sp³-hybridized carbons (Fsp3) is 0.500. The predicted molar refractivity (Wildman–Crippen MR) is 107 cm³/mol. The summed E-state index contributed by atoms with van der Waals surface area (Å²) in [6.07, 6.45) is 6.74. The number of likely N-dealkylation sites (tertiary alicyclic amines) is 1. The first-order valence-corrected chi connectivity index (χ1v) is 10.1. The topological polar surface area (TPSA) is 58.4 Å². The zero-order valence-electron chi connectivity index (χ0n) is 16.6. The maximum absolute atomic E-state index is 12.8. The Morgan fingerprint density at radius 3 is 2.54 bits per heavy atom. The summed E-state index contributed by atoms with van der Waals surface area (Å²) in [5.41, 5.74) is 2.94. The second kappa shape index (κ2) is 7.78. The first-order chi connectivity index (χ1) is 13.5. The molecule has 0 saturated carbocycles. The van der Waals surface area contributed by atoms with Gasteiger partial charge in [0.1, 0.15) is 6.04 Å². The highest BCUT2D eigenvalue weighted by molar-refractivity contribution is 5.86. The van der Waals surface area contributed by atoms with Crippen molar-refractivity contribution in [3.63, 3.8) is 0 Å². The van der Waals surface area contributed by atoms with Crippen LogP contribution < -0.4 is 0 Å². The first-order valence-electron chi connectivity index (χ1n) is 10.1. The molecule has 1 aromatic heterocycles. The third kappa shape index (κ3) is 3.68. The van der Waals surface area contributed by atoms with Crippen LogP contribution in [0.3, 0.4) is 0 Å². The van der Waals surface area contributed by atoms with E-state index in [-0.39, 0.29) is 18.4 Å². The number of likely N-dealkylation sites (N-methyl/N-ethyl adjacent to an activating group) is 1. The van der Waals surface area contributed by atoms with E-state index >= 15 is 0 Å². The summed E-state index contributed by atoms with van der Waals surface area (Å²) in [5.74, 6) is 1.13. The molecule has 0 radical (unpaired) electrons. The van der Waals surface area contributed by atoms with Gasteiger partial charge in [-0.05, 0) is 55.2 Å². The molecule has 2 aromatic rings. The minimum Gasteiger partial charge on any atom is -0.341 e. The molecule has 1 aromatic carbocycles. The minimum absolute atomic E-state index is 0.0431. The number of nitrogens with zero attached hydrogens (tertiary/aromatic N) is 4. The van der Waals surface area contributed by atoms with Gasteiger partial charge in [0, 0.05) is 32.5 Å². The van der Waals surface area contributed by atoms with Crippen LogP contribution in [0.25, 0.3) is 0 Å². The van der Waals surface area contributed by atoms with Gasteiger partial charge in [-0.2, -0.15) is 5.10 Å². The molecule has 0 bridgehead atoms. The Morgan fingerprint density at radius 1 is 1.18 bits per heavy atom. The van der Waals surface area contributed by atoms with Gasteiger partial charge in [0.05, 0.1) is 6.54 Å². The lowest BCUT2D eigenvalue weighted by Gasteiger charge is -2.25. The van der Waals surface area contributed by atoms with Gasteiger partial charge in [0.15, 0.2) is 0 Å². The molecule has 2 aliphatic rings. The second-order valence-electron chi connectivity index (χ2n) is 8.18. The zero-order chi connectivity index (χ0) is 19.7. The van der Waals surface area contributed by atoms with Crippen molar-refractivity contribution in [1.29, 1.82) is 0 Å². The van der Waals surface area contributed by atoms with Gasteiger partial charge < -0.3 is 9.80 Å². The Labute approximate surface area is 166 Å². The third-order valence-electron chi connectivity index (χ3n) is 6.35. The Hall–Kier alpha value is -2.63. The van der Waals surface area contributed by atoms with Gasteiger partial charge in [-0.1, -0.05) is 24.3 Å². The number of aromatic nitrogens is 2. The van der Waals surface area contributed by atoms with Crippen molar-refractivity contribution in [2.75, 3.05) is 26.7 Å². The molecular weight excluding hydrogens is 352 g/mol. The summed E-state index contributed by atoms with van der Waals surface area (Å²) in [6, 6.07) is 10.1. The average Bonchev–Trinajstić information content (AvgIpc) is 3.46. The molecule has 4 rings (SSSR count). The second-order valence-corrected chi connectivity index (χ2v) is 8.18. The van der Waals surface area contributed by atoms with Crippen molar-refractivity contribution in [3.05, 3.63) is 53.9 Å². The average molecular weight is 380 g/mol. The molecule has 1 saturated heterocycles. The van der Waals surface area contributed by atoms with Crippen LogP contribution in [0.4, 0.5) is 0 Å². The van der Waals surface area contributed by atoms with Gasteiger partial charge in [0.25, 0.3) is 0 Å². The normalized spacial score (nSPS) is 20.2. The van der Waals surface area contributed by atoms with Crippen LogP contribution in [-0.4, -0.2) is 58.1 Å². The van der Waals surface area contributed by atoms with Gasteiger partial charge in [-0.3, -0.25) is 14.3 Å². The van der Waals surface area contributed by atoms with E-state index in [4.69, 9.17) is 0 Å². The van der Waals surface area contributed by atoms with E-state index in [1.165, 1.54) is 16.0 Å². The fourth-order valence-corrected chi connectivity index (χ4v) is 4.65. The molecule has 2 heterocycles. The van der Waals surface area contributed by atoms with E-state index in [0.717, 1.165) is 32.4 Å². The summed E-state index contributed by atoms with van der Waals surface area (Å²) in [5, 5.41) is 4.12. The Kier molecular flexibility index (Phi) is 5.20. The van der Waals surface area contributed by atoms with Crippen molar-refractivity contribution in [1.82, 2.24) is 19.6 Å². The number of benzene rings is 1. The first kappa shape index (κ1) is 18.7. The maximum Gasteiger partial charge on any atom is 0.247 e. The predicted octanol–water partition coefficient (Wildman–Crippen LogP) is 2.17. The van der Waals surface area contributed by atoms with Crippen LogP contribution in [0.1, 0.15) is 30.5 Å². The van der Waals surface area contributed by atoms with Crippen LogP contribution in [0.15, 0.2) is 42.7 Å². The SMILES string of the molecule is CC(C(=O)N(C)CC(=O)N1CCC(C2Cc3ccccc3C2)C1)n1cccn1. The van der Waals surface area contributed by atoms with Crippen LogP contribution in [0.5, 0.6) is 0 Å². The van der Waals surface area contributed by atoms with Crippen LogP contribution >= 0.6 is 0 Å². The van der Waals surface area contributed by atoms with E-state index in [9.17, 15) is 9.59 Å². The van der Waals surface area contributed by atoms with Crippen molar-refractivity contribution in [2.45, 2.75) is 32.2 Å². The van der Waals surface area contributed by atoms with Crippen molar-refractivity contribution < 1.29 is 9.59 Å². The number of carbonyl (C=O) groups excluding carboxylic acids is 2. The molecule has 0 N–H and O–H groups in total. The number of hydrogen-bond acceptors (Lipinski definition) is 3. The largest absolute Gasteiger partial charge is 0.341 e. The minimum atomic E-state index is -0.406. The lowest BCUT2D eigenvalue weighted by Crippen LogP contribution is -2.42. The molecule has 6 nitrogen and oxygen atoms in total. The summed E-state index contributed by atoms with van der Waals surface area (Å²) >= 11 is 0. The lowest BCUT2D eigenvalue weighted by atomic mass is 9.89. The summed E-state index contributed by atoms with van der Waals surface area (Å²) in [6.45, 7) is 3.54. The molecule has 2 amide bonds. The highest BCUT2D eigenvalue weighted by Gasteiger charge is 2.35. The molecular formula is C22H28N4O2. The Balaban J connectivity index is 1.30. The lowest BCUT2D eigenvalue weighted by molar-refractivity contribution is -0.140. The van der Waals surface area contributed by atoms with E-state index in [1.807, 2.05) is 4.90 Å². The number of carbonyl (C=O) groups is 2. The summed E-state index contributed by atoms with van der Waals surface area (Å²) < 4.78 is 1.62. The number of rotatable bonds is 5. The summed E-state index contributed by atoms with van der Waals surface area (Å²) in [4.78, 5) is 28.8. The smallest absolute Gasteiger partial charge is 0.247 e. The summed E-state index contributed by atoms with van der Waals surface area (Å²) in [7, 11) is 1.70.